The van der Waals surface area contributed by atoms with Gasteiger partial charge in [0.2, 0.25) is 0 Å². The lowest BCUT2D eigenvalue weighted by atomic mass is 10.0. The first-order valence-corrected chi connectivity index (χ1v) is 33.2. The third-order valence-electron chi connectivity index (χ3n) is 13.9. The van der Waals surface area contributed by atoms with Gasteiger partial charge in [0.1, 0.15) is 13.2 Å². The van der Waals surface area contributed by atoms with Crippen molar-refractivity contribution >= 4 is 17.9 Å². The minimum absolute atomic E-state index is 0.0886. The monoisotopic (exact) mass is 1110 g/mol. The molecule has 0 radical (unpaired) electrons. The Kier molecular flexibility index (Phi) is 63.3. The van der Waals surface area contributed by atoms with Crippen LogP contribution in [0.15, 0.2) is 134 Å². The zero-order valence-electron chi connectivity index (χ0n) is 52.0. The van der Waals surface area contributed by atoms with E-state index in [1.165, 1.54) is 109 Å². The molecule has 6 nitrogen and oxygen atoms in total. The van der Waals surface area contributed by atoms with Crippen molar-refractivity contribution in [2.75, 3.05) is 13.2 Å². The van der Waals surface area contributed by atoms with Crippen molar-refractivity contribution in [2.24, 2.45) is 0 Å². The Hall–Kier alpha value is -4.45. The predicted molar refractivity (Wildman–Crippen MR) is 348 cm³/mol. The summed E-state index contributed by atoms with van der Waals surface area (Å²) in [5.41, 5.74) is 0. The van der Waals surface area contributed by atoms with E-state index in [9.17, 15) is 14.4 Å². The van der Waals surface area contributed by atoms with E-state index in [0.717, 1.165) is 148 Å². The van der Waals surface area contributed by atoms with Crippen LogP contribution in [-0.4, -0.2) is 37.2 Å². The minimum atomic E-state index is -0.795. The van der Waals surface area contributed by atoms with E-state index in [0.29, 0.717) is 19.3 Å². The van der Waals surface area contributed by atoms with Crippen LogP contribution in [0.25, 0.3) is 0 Å². The van der Waals surface area contributed by atoms with Crippen molar-refractivity contribution in [3.63, 3.8) is 0 Å². The Balaban J connectivity index is 4.42. The van der Waals surface area contributed by atoms with Gasteiger partial charge in [-0.15, -0.1) is 0 Å². The Morgan fingerprint density at radius 3 is 0.762 bits per heavy atom. The van der Waals surface area contributed by atoms with Crippen molar-refractivity contribution in [3.05, 3.63) is 134 Å². The number of hydrogen-bond acceptors (Lipinski definition) is 6. The highest BCUT2D eigenvalue weighted by molar-refractivity contribution is 5.71. The highest BCUT2D eigenvalue weighted by atomic mass is 16.6. The molecule has 0 spiro atoms. The highest BCUT2D eigenvalue weighted by Crippen LogP contribution is 2.16. The van der Waals surface area contributed by atoms with Gasteiger partial charge >= 0.3 is 17.9 Å². The lowest BCUT2D eigenvalue weighted by Gasteiger charge is -2.18. The number of carbonyl (C=O) groups is 3. The van der Waals surface area contributed by atoms with E-state index in [4.69, 9.17) is 14.2 Å². The van der Waals surface area contributed by atoms with Crippen LogP contribution in [0.5, 0.6) is 0 Å². The molecule has 1 unspecified atom stereocenters. The molecule has 0 aromatic carbocycles. The molecule has 6 heteroatoms. The molecular weight excluding hydrogens is 985 g/mol. The first-order chi connectivity index (χ1) is 39.5. The predicted octanol–water partition coefficient (Wildman–Crippen LogP) is 22.9. The van der Waals surface area contributed by atoms with E-state index in [1.807, 2.05) is 0 Å². The van der Waals surface area contributed by atoms with E-state index in [1.54, 1.807) is 0 Å². The molecule has 0 aliphatic heterocycles. The lowest BCUT2D eigenvalue weighted by Crippen LogP contribution is -2.30. The summed E-state index contributed by atoms with van der Waals surface area (Å²) in [7, 11) is 0. The summed E-state index contributed by atoms with van der Waals surface area (Å²) in [6.45, 7) is 6.41. The van der Waals surface area contributed by atoms with Gasteiger partial charge < -0.3 is 14.2 Å². The maximum atomic E-state index is 12.9. The number of rotatable bonds is 59. The molecule has 0 N–H and O–H groups in total. The molecule has 0 saturated carbocycles. The molecule has 1 atom stereocenters. The zero-order valence-corrected chi connectivity index (χ0v) is 52.0. The van der Waals surface area contributed by atoms with Gasteiger partial charge in [0.05, 0.1) is 0 Å². The van der Waals surface area contributed by atoms with E-state index in [2.05, 4.69) is 154 Å². The second-order valence-electron chi connectivity index (χ2n) is 21.6. The van der Waals surface area contributed by atoms with Crippen LogP contribution in [0.2, 0.25) is 0 Å². The molecule has 0 saturated heterocycles. The first kappa shape index (κ1) is 75.5. The minimum Gasteiger partial charge on any atom is -0.462 e. The average Bonchev–Trinajstić information content (AvgIpc) is 3.46. The number of carbonyl (C=O) groups excluding carboxylic acids is 3. The lowest BCUT2D eigenvalue weighted by molar-refractivity contribution is -0.167. The van der Waals surface area contributed by atoms with Crippen LogP contribution in [0.3, 0.4) is 0 Å². The number of esters is 3. The van der Waals surface area contributed by atoms with Crippen LogP contribution >= 0.6 is 0 Å². The molecule has 0 amide bonds. The Bertz CT molecular complexity index is 1700. The second kappa shape index (κ2) is 67.1. The number of ether oxygens (including phenoxy) is 3. The zero-order chi connectivity index (χ0) is 57.8. The van der Waals surface area contributed by atoms with Gasteiger partial charge in [-0.25, -0.2) is 0 Å². The standard InChI is InChI=1S/C74H122O6/c1-4-7-10-13-16-19-22-25-28-30-32-34-36-37-39-40-42-44-46-49-52-55-58-61-64-67-73(76)79-70-71(69-78-72(75)66-63-60-57-54-51-48-27-24-21-18-15-12-9-6-3)80-74(77)68-65-62-59-56-53-50-47-45-43-41-38-35-33-31-29-26-23-20-17-14-11-8-5-2/h7-8,10-11,16-17,19-20,25-26,28-29,32-35,37,39,41-44,71H,4-6,9,12-15,18,21-24,27,30-31,36,38,40,45-70H2,1-3H3/b10-7-,11-8-,19-16-,20-17-,28-25-,29-26-,34-32-,35-33-,39-37-,43-41-,44-42-. The fourth-order valence-electron chi connectivity index (χ4n) is 9.00. The first-order valence-electron chi connectivity index (χ1n) is 33.2. The van der Waals surface area contributed by atoms with Crippen molar-refractivity contribution in [2.45, 2.75) is 303 Å². The molecule has 0 aliphatic rings. The Labute approximate surface area is 494 Å². The van der Waals surface area contributed by atoms with Gasteiger partial charge in [-0.05, 0) is 116 Å². The normalized spacial score (nSPS) is 13.0. The Morgan fingerprint density at radius 2 is 0.487 bits per heavy atom. The maximum absolute atomic E-state index is 12.9. The van der Waals surface area contributed by atoms with Crippen LogP contribution in [-0.2, 0) is 28.6 Å². The number of unbranched alkanes of at least 4 members (excludes halogenated alkanes) is 26. The largest absolute Gasteiger partial charge is 0.462 e. The van der Waals surface area contributed by atoms with Crippen molar-refractivity contribution < 1.29 is 28.6 Å². The highest BCUT2D eigenvalue weighted by Gasteiger charge is 2.19. The SMILES string of the molecule is CC/C=C\C/C=C\C/C=C\C/C=C\C/C=C\C/C=C\CCCCCCCCC(=O)OCC(COC(=O)CCCCCCCCCCCCCCCC)OC(=O)CCCCCCCCC/C=C\C/C=C\C/C=C\C/C=C\C/C=C\CC. The van der Waals surface area contributed by atoms with Gasteiger partial charge in [0.15, 0.2) is 6.10 Å². The van der Waals surface area contributed by atoms with Gasteiger partial charge in [-0.1, -0.05) is 296 Å². The van der Waals surface area contributed by atoms with Crippen molar-refractivity contribution in [3.8, 4) is 0 Å². The maximum Gasteiger partial charge on any atom is 0.306 e. The topological polar surface area (TPSA) is 78.9 Å². The summed E-state index contributed by atoms with van der Waals surface area (Å²) in [5.74, 6) is -0.909. The fraction of sp³-hybridized carbons (Fsp3) is 0.662. The van der Waals surface area contributed by atoms with Crippen LogP contribution in [0, 0.1) is 0 Å². The molecule has 0 heterocycles. The number of hydrogen-bond donors (Lipinski definition) is 0. The van der Waals surface area contributed by atoms with Crippen LogP contribution < -0.4 is 0 Å². The Morgan fingerprint density at radius 1 is 0.263 bits per heavy atom. The average molecular weight is 1110 g/mol. The number of allylic oxidation sites excluding steroid dienone is 22. The van der Waals surface area contributed by atoms with Gasteiger partial charge in [-0.3, -0.25) is 14.4 Å². The molecule has 0 aliphatic carbocycles. The van der Waals surface area contributed by atoms with Crippen molar-refractivity contribution in [1.29, 1.82) is 0 Å². The second-order valence-corrected chi connectivity index (χ2v) is 21.6. The summed E-state index contributed by atoms with van der Waals surface area (Å²) >= 11 is 0. The molecule has 80 heavy (non-hydrogen) atoms. The molecule has 0 fully saturated rings. The van der Waals surface area contributed by atoms with Gasteiger partial charge in [-0.2, -0.15) is 0 Å². The van der Waals surface area contributed by atoms with Crippen LogP contribution in [0.4, 0.5) is 0 Å². The molecule has 0 aromatic heterocycles. The van der Waals surface area contributed by atoms with E-state index in [-0.39, 0.29) is 31.1 Å². The van der Waals surface area contributed by atoms with E-state index < -0.39 is 6.10 Å². The molecular formula is C74H122O6. The van der Waals surface area contributed by atoms with Crippen LogP contribution in [0.1, 0.15) is 297 Å². The quantitative estimate of drug-likeness (QED) is 0.0261. The van der Waals surface area contributed by atoms with Crippen molar-refractivity contribution in [1.82, 2.24) is 0 Å². The summed E-state index contributed by atoms with van der Waals surface area (Å²) < 4.78 is 16.9. The molecule has 0 aromatic rings. The fourth-order valence-corrected chi connectivity index (χ4v) is 9.00. The third-order valence-corrected chi connectivity index (χ3v) is 13.9. The summed E-state index contributed by atoms with van der Waals surface area (Å²) in [6.07, 6.45) is 94.5. The van der Waals surface area contributed by atoms with Gasteiger partial charge in [0, 0.05) is 19.3 Å². The summed E-state index contributed by atoms with van der Waals surface area (Å²) in [5, 5.41) is 0. The summed E-state index contributed by atoms with van der Waals surface area (Å²) in [4.78, 5) is 38.4. The molecule has 0 bridgehead atoms. The smallest absolute Gasteiger partial charge is 0.306 e. The molecule has 0 rings (SSSR count). The molecule has 454 valence electrons. The van der Waals surface area contributed by atoms with E-state index >= 15 is 0 Å². The summed E-state index contributed by atoms with van der Waals surface area (Å²) in [6, 6.07) is 0. The van der Waals surface area contributed by atoms with Gasteiger partial charge in [0.25, 0.3) is 0 Å². The third kappa shape index (κ3) is 64.4.